The van der Waals surface area contributed by atoms with E-state index in [-0.39, 0.29) is 0 Å². The molecule has 2 aromatic heterocycles. The van der Waals surface area contributed by atoms with Gasteiger partial charge in [-0.15, -0.1) is 11.3 Å². The zero-order valence-electron chi connectivity index (χ0n) is 19.0. The van der Waals surface area contributed by atoms with Crippen molar-refractivity contribution in [3.63, 3.8) is 0 Å². The van der Waals surface area contributed by atoms with Crippen LogP contribution in [0.4, 0.5) is 11.4 Å². The quantitative estimate of drug-likeness (QED) is 0.166. The molecule has 162 valence electrons. The van der Waals surface area contributed by atoms with E-state index in [9.17, 15) is 4.79 Å². The summed E-state index contributed by atoms with van der Waals surface area (Å²) in [5, 5.41) is 0.897. The monoisotopic (exact) mass is 428 g/mol. The number of carbonyl (C=O) groups excluding carboxylic acids is 1. The summed E-state index contributed by atoms with van der Waals surface area (Å²) in [6.45, 7) is 12.6. The van der Waals surface area contributed by atoms with Gasteiger partial charge >= 0.3 is 0 Å². The van der Waals surface area contributed by atoms with Gasteiger partial charge in [0.2, 0.25) is 0 Å². The zero-order chi connectivity index (χ0) is 22.7. The number of likely N-dealkylation sites (N-methyl/N-ethyl adjacent to an activating group) is 1. The molecule has 0 unspecified atom stereocenters. The average Bonchev–Trinajstić information content (AvgIpc) is 3.16. The van der Waals surface area contributed by atoms with Crippen molar-refractivity contribution in [2.45, 2.75) is 27.7 Å². The van der Waals surface area contributed by atoms with Crippen LogP contribution in [-0.4, -0.2) is 50.3 Å². The van der Waals surface area contributed by atoms with E-state index in [0.29, 0.717) is 16.3 Å². The van der Waals surface area contributed by atoms with Crippen LogP contribution in [0.3, 0.4) is 0 Å². The first-order valence-electron chi connectivity index (χ1n) is 9.88. The first kappa shape index (κ1) is 25.1. The number of methoxy groups -OCH3 is 1. The van der Waals surface area contributed by atoms with Crippen LogP contribution in [-0.2, 0) is 4.74 Å². The number of pyridine rings is 1. The summed E-state index contributed by atoms with van der Waals surface area (Å²) < 4.78 is 5.06. The number of aliphatic imine (C=N–C) groups is 1. The molecule has 0 atom stereocenters. The molecule has 0 aliphatic rings. The number of thiophene rings is 1. The van der Waals surface area contributed by atoms with E-state index >= 15 is 0 Å². The molecular weight excluding hydrogens is 396 g/mol. The van der Waals surface area contributed by atoms with Crippen LogP contribution in [0.5, 0.6) is 0 Å². The molecule has 0 saturated carbocycles. The number of ether oxygens (including phenoxy) is 1. The molecule has 30 heavy (non-hydrogen) atoms. The molecular formula is C23H32N4O2S. The fourth-order valence-electron chi connectivity index (χ4n) is 2.58. The standard InChI is InChI=1S/C21H26N4O2S.C2H6/c1-7-16(10-9-15(3)27-6)25(5)14-23-20-18(13-26)28-21-19(20)17(11-12-22-21)24(4)8-2;1-2/h7,9-14H,3,8H2,1-2,4-6H3;1-2H3/b10-9-,16-7+,23-14?;. The first-order chi connectivity index (χ1) is 14.5. The summed E-state index contributed by atoms with van der Waals surface area (Å²) in [5.74, 6) is 0.565. The number of nitrogens with zero attached hydrogens (tertiary/aromatic N) is 4. The number of anilines is 1. The van der Waals surface area contributed by atoms with Gasteiger partial charge in [0.15, 0.2) is 6.29 Å². The van der Waals surface area contributed by atoms with E-state index in [1.54, 1.807) is 25.7 Å². The highest BCUT2D eigenvalue weighted by molar-refractivity contribution is 7.21. The number of hydrogen-bond donors (Lipinski definition) is 0. The Morgan fingerprint density at radius 2 is 2.03 bits per heavy atom. The maximum atomic E-state index is 11.6. The van der Waals surface area contributed by atoms with Crippen molar-refractivity contribution < 1.29 is 9.53 Å². The maximum absolute atomic E-state index is 11.6. The molecule has 0 saturated heterocycles. The van der Waals surface area contributed by atoms with Crippen molar-refractivity contribution in [3.05, 3.63) is 53.4 Å². The minimum Gasteiger partial charge on any atom is -0.497 e. The number of hydrogen-bond acceptors (Lipinski definition) is 6. The van der Waals surface area contributed by atoms with Crippen LogP contribution in [0.1, 0.15) is 37.4 Å². The van der Waals surface area contributed by atoms with Crippen molar-refractivity contribution in [2.75, 3.05) is 32.6 Å². The van der Waals surface area contributed by atoms with Crippen molar-refractivity contribution >= 4 is 45.6 Å². The van der Waals surface area contributed by atoms with E-state index in [4.69, 9.17) is 4.74 Å². The van der Waals surface area contributed by atoms with Crippen LogP contribution in [0.2, 0.25) is 0 Å². The molecule has 7 heteroatoms. The van der Waals surface area contributed by atoms with Gasteiger partial charge in [-0.05, 0) is 32.1 Å². The van der Waals surface area contributed by atoms with Gasteiger partial charge in [0.05, 0.1) is 35.1 Å². The summed E-state index contributed by atoms with van der Waals surface area (Å²) in [4.78, 5) is 26.1. The third-order valence-corrected chi connectivity index (χ3v) is 5.34. The Hall–Kier alpha value is -2.93. The van der Waals surface area contributed by atoms with Gasteiger partial charge in [-0.3, -0.25) is 4.79 Å². The van der Waals surface area contributed by atoms with Gasteiger partial charge < -0.3 is 14.5 Å². The Balaban J connectivity index is 0.00000218. The van der Waals surface area contributed by atoms with Crippen LogP contribution in [0, 0.1) is 0 Å². The molecule has 0 bridgehead atoms. The predicted octanol–water partition coefficient (Wildman–Crippen LogP) is 5.80. The number of aldehydes is 1. The molecule has 0 radical (unpaired) electrons. The molecule has 2 rings (SSSR count). The summed E-state index contributed by atoms with van der Waals surface area (Å²) in [6.07, 6.45) is 9.94. The lowest BCUT2D eigenvalue weighted by atomic mass is 10.2. The van der Waals surface area contributed by atoms with Gasteiger partial charge in [-0.2, -0.15) is 0 Å². The molecule has 0 N–H and O–H groups in total. The molecule has 0 spiro atoms. The van der Waals surface area contributed by atoms with Gasteiger partial charge in [0.25, 0.3) is 0 Å². The Morgan fingerprint density at radius 3 is 2.60 bits per heavy atom. The van der Waals surface area contributed by atoms with Gasteiger partial charge in [0.1, 0.15) is 10.6 Å². The molecule has 6 nitrogen and oxygen atoms in total. The number of carbonyl (C=O) groups is 1. The van der Waals surface area contributed by atoms with E-state index < -0.39 is 0 Å². The third-order valence-electron chi connectivity index (χ3n) is 4.33. The Kier molecular flexibility index (Phi) is 10.5. The number of allylic oxidation sites excluding steroid dienone is 3. The SMILES string of the molecule is C=C(/C=C\C(=C/C)N(C)C=Nc1c(C=O)sc2nccc(N(C)CC)c12)OC.CC. The van der Waals surface area contributed by atoms with Gasteiger partial charge in [-0.1, -0.05) is 26.5 Å². The largest absolute Gasteiger partial charge is 0.497 e. The Morgan fingerprint density at radius 1 is 1.33 bits per heavy atom. The Bertz CT molecular complexity index is 944. The average molecular weight is 429 g/mol. The van der Waals surface area contributed by atoms with Gasteiger partial charge in [-0.25, -0.2) is 9.98 Å². The fraction of sp³-hybridized carbons (Fsp3) is 0.348. The predicted molar refractivity (Wildman–Crippen MR) is 130 cm³/mol. The minimum absolute atomic E-state index is 0.564. The fourth-order valence-corrected chi connectivity index (χ4v) is 3.50. The molecule has 2 heterocycles. The van der Waals surface area contributed by atoms with Crippen molar-refractivity contribution in [1.29, 1.82) is 0 Å². The number of fused-ring (bicyclic) bond motifs is 1. The van der Waals surface area contributed by atoms with Crippen molar-refractivity contribution in [3.8, 4) is 0 Å². The molecule has 0 aliphatic carbocycles. The second kappa shape index (κ2) is 12.6. The van der Waals surface area contributed by atoms with E-state index in [1.807, 2.05) is 58.0 Å². The second-order valence-electron chi connectivity index (χ2n) is 6.03. The van der Waals surface area contributed by atoms with Crippen molar-refractivity contribution in [2.24, 2.45) is 4.99 Å². The molecule has 0 fully saturated rings. The Labute approximate surface area is 183 Å². The zero-order valence-corrected chi connectivity index (χ0v) is 19.8. The van der Waals surface area contributed by atoms with Crippen LogP contribution < -0.4 is 4.90 Å². The molecule has 0 amide bonds. The van der Waals surface area contributed by atoms with Crippen molar-refractivity contribution in [1.82, 2.24) is 9.88 Å². The summed E-state index contributed by atoms with van der Waals surface area (Å²) in [5.41, 5.74) is 2.57. The topological polar surface area (TPSA) is 58.0 Å². The molecule has 0 aromatic carbocycles. The lowest BCUT2D eigenvalue weighted by Gasteiger charge is -2.18. The van der Waals surface area contributed by atoms with Gasteiger partial charge in [0, 0.05) is 32.5 Å². The summed E-state index contributed by atoms with van der Waals surface area (Å²) >= 11 is 1.35. The lowest BCUT2D eigenvalue weighted by molar-refractivity contribution is 0.112. The summed E-state index contributed by atoms with van der Waals surface area (Å²) in [6, 6.07) is 1.95. The third kappa shape index (κ3) is 6.03. The smallest absolute Gasteiger partial charge is 0.162 e. The van der Waals surface area contributed by atoms with Crippen LogP contribution in [0.25, 0.3) is 10.2 Å². The molecule has 0 aliphatic heterocycles. The second-order valence-corrected chi connectivity index (χ2v) is 7.06. The van der Waals surface area contributed by atoms with E-state index in [2.05, 4.69) is 28.4 Å². The normalized spacial score (nSPS) is 11.5. The highest BCUT2D eigenvalue weighted by Gasteiger charge is 2.17. The van der Waals surface area contributed by atoms with E-state index in [1.165, 1.54) is 11.3 Å². The number of aromatic nitrogens is 1. The van der Waals surface area contributed by atoms with E-state index in [0.717, 1.165) is 34.4 Å². The first-order valence-corrected chi connectivity index (χ1v) is 10.7. The highest BCUT2D eigenvalue weighted by Crippen LogP contribution is 2.41. The maximum Gasteiger partial charge on any atom is 0.162 e. The highest BCUT2D eigenvalue weighted by atomic mass is 32.1. The summed E-state index contributed by atoms with van der Waals surface area (Å²) in [7, 11) is 5.48. The minimum atomic E-state index is 0.564. The van der Waals surface area contributed by atoms with Crippen LogP contribution in [0.15, 0.2) is 53.5 Å². The lowest BCUT2D eigenvalue weighted by Crippen LogP contribution is -2.16. The number of rotatable bonds is 9. The van der Waals surface area contributed by atoms with Crippen LogP contribution >= 0.6 is 11.3 Å². The molecule has 2 aromatic rings.